The molecule has 23 heavy (non-hydrogen) atoms. The number of amides is 1. The van der Waals surface area contributed by atoms with Crippen LogP contribution < -0.4 is 15.4 Å². The maximum absolute atomic E-state index is 11.8. The molecule has 0 spiro atoms. The summed E-state index contributed by atoms with van der Waals surface area (Å²) in [5.41, 5.74) is 0.698. The maximum atomic E-state index is 11.8. The molecule has 6 nitrogen and oxygen atoms in total. The quantitative estimate of drug-likeness (QED) is 0.758. The Labute approximate surface area is 148 Å². The molecule has 2 aromatic rings. The molecular weight excluding hydrogens is 339 g/mol. The SMILES string of the molecule is CNCCC(=O)Nc1ccccc1OCCn1ccnc1.Cl.Cl. The summed E-state index contributed by atoms with van der Waals surface area (Å²) in [6.07, 6.45) is 5.79. The van der Waals surface area contributed by atoms with E-state index in [0.717, 1.165) is 0 Å². The van der Waals surface area contributed by atoms with Gasteiger partial charge in [0.25, 0.3) is 0 Å². The van der Waals surface area contributed by atoms with Gasteiger partial charge in [-0.05, 0) is 19.2 Å². The van der Waals surface area contributed by atoms with E-state index in [9.17, 15) is 4.79 Å². The van der Waals surface area contributed by atoms with Gasteiger partial charge in [0.2, 0.25) is 5.91 Å². The van der Waals surface area contributed by atoms with E-state index in [-0.39, 0.29) is 30.7 Å². The third-order valence-electron chi connectivity index (χ3n) is 2.93. The van der Waals surface area contributed by atoms with Gasteiger partial charge >= 0.3 is 0 Å². The molecule has 0 atom stereocenters. The van der Waals surface area contributed by atoms with Crippen molar-refractivity contribution in [1.29, 1.82) is 0 Å². The van der Waals surface area contributed by atoms with Gasteiger partial charge in [0, 0.05) is 25.4 Å². The molecule has 2 N–H and O–H groups in total. The second kappa shape index (κ2) is 11.8. The molecule has 128 valence electrons. The molecular formula is C15H22Cl2N4O2. The lowest BCUT2D eigenvalue weighted by Crippen LogP contribution is -2.19. The topological polar surface area (TPSA) is 68.2 Å². The molecule has 1 aromatic heterocycles. The van der Waals surface area contributed by atoms with Crippen LogP contribution in [0.2, 0.25) is 0 Å². The van der Waals surface area contributed by atoms with E-state index in [4.69, 9.17) is 4.74 Å². The van der Waals surface area contributed by atoms with Gasteiger partial charge in [-0.2, -0.15) is 0 Å². The molecule has 2 rings (SSSR count). The first-order valence-electron chi connectivity index (χ1n) is 6.91. The number of nitrogens with zero attached hydrogens (tertiary/aromatic N) is 2. The lowest BCUT2D eigenvalue weighted by atomic mass is 10.2. The lowest BCUT2D eigenvalue weighted by molar-refractivity contribution is -0.116. The predicted molar refractivity (Wildman–Crippen MR) is 95.8 cm³/mol. The fourth-order valence-electron chi connectivity index (χ4n) is 1.83. The summed E-state index contributed by atoms with van der Waals surface area (Å²) in [6, 6.07) is 7.44. The number of hydrogen-bond donors (Lipinski definition) is 2. The van der Waals surface area contributed by atoms with Gasteiger partial charge in [0.1, 0.15) is 12.4 Å². The number of nitrogens with one attached hydrogen (secondary N) is 2. The lowest BCUT2D eigenvalue weighted by Gasteiger charge is -2.12. The summed E-state index contributed by atoms with van der Waals surface area (Å²) in [5, 5.41) is 5.81. The van der Waals surface area contributed by atoms with Crippen LogP contribution in [0.15, 0.2) is 43.0 Å². The number of para-hydroxylation sites is 2. The number of benzene rings is 1. The molecule has 0 radical (unpaired) electrons. The smallest absolute Gasteiger partial charge is 0.225 e. The summed E-state index contributed by atoms with van der Waals surface area (Å²) in [6.45, 7) is 1.87. The zero-order valence-corrected chi connectivity index (χ0v) is 14.5. The molecule has 0 aliphatic carbocycles. The van der Waals surface area contributed by atoms with Crippen molar-refractivity contribution in [2.45, 2.75) is 13.0 Å². The monoisotopic (exact) mass is 360 g/mol. The Kier molecular flexibility index (Phi) is 10.9. The molecule has 0 unspecified atom stereocenters. The van der Waals surface area contributed by atoms with Crippen LogP contribution in [0.5, 0.6) is 5.75 Å². The third-order valence-corrected chi connectivity index (χ3v) is 2.93. The Morgan fingerprint density at radius 2 is 2.09 bits per heavy atom. The number of aromatic nitrogens is 2. The van der Waals surface area contributed by atoms with Crippen molar-refractivity contribution in [3.05, 3.63) is 43.0 Å². The summed E-state index contributed by atoms with van der Waals surface area (Å²) in [4.78, 5) is 15.7. The summed E-state index contributed by atoms with van der Waals surface area (Å²) >= 11 is 0. The number of anilines is 1. The summed E-state index contributed by atoms with van der Waals surface area (Å²) < 4.78 is 7.68. The first-order valence-corrected chi connectivity index (χ1v) is 6.91. The van der Waals surface area contributed by atoms with Crippen LogP contribution in [0.1, 0.15) is 6.42 Å². The zero-order valence-electron chi connectivity index (χ0n) is 12.9. The second-order valence-corrected chi connectivity index (χ2v) is 4.55. The third kappa shape index (κ3) is 7.36. The molecule has 0 saturated carbocycles. The Hall–Kier alpha value is -1.76. The van der Waals surface area contributed by atoms with Crippen molar-refractivity contribution in [2.75, 3.05) is 25.5 Å². The largest absolute Gasteiger partial charge is 0.490 e. The minimum absolute atomic E-state index is 0. The van der Waals surface area contributed by atoms with Gasteiger partial charge < -0.3 is 19.9 Å². The van der Waals surface area contributed by atoms with E-state index < -0.39 is 0 Å². The number of ether oxygens (including phenoxy) is 1. The molecule has 0 aliphatic rings. The second-order valence-electron chi connectivity index (χ2n) is 4.55. The number of hydrogen-bond acceptors (Lipinski definition) is 4. The highest BCUT2D eigenvalue weighted by molar-refractivity contribution is 5.92. The average molecular weight is 361 g/mol. The Balaban J connectivity index is 0.00000242. The Morgan fingerprint density at radius 3 is 2.78 bits per heavy atom. The van der Waals surface area contributed by atoms with Crippen LogP contribution in [0.3, 0.4) is 0 Å². The molecule has 1 aromatic carbocycles. The highest BCUT2D eigenvalue weighted by Crippen LogP contribution is 2.23. The number of carbonyl (C=O) groups is 1. The number of halogens is 2. The van der Waals surface area contributed by atoms with Crippen molar-refractivity contribution in [1.82, 2.24) is 14.9 Å². The number of rotatable bonds is 8. The molecule has 1 heterocycles. The zero-order chi connectivity index (χ0) is 14.9. The standard InChI is InChI=1S/C15H20N4O2.2ClH/c1-16-7-6-15(20)18-13-4-2-3-5-14(13)21-11-10-19-9-8-17-12-19;;/h2-5,8-9,12,16H,6-7,10-11H2,1H3,(H,18,20);2*1H. The molecule has 0 aliphatic heterocycles. The van der Waals surface area contributed by atoms with Gasteiger partial charge in [-0.3, -0.25) is 4.79 Å². The number of imidazole rings is 1. The minimum atomic E-state index is -0.0324. The van der Waals surface area contributed by atoms with Crippen LogP contribution in [-0.2, 0) is 11.3 Å². The van der Waals surface area contributed by atoms with Crippen LogP contribution in [0, 0.1) is 0 Å². The molecule has 8 heteroatoms. The fourth-order valence-corrected chi connectivity index (χ4v) is 1.83. The normalized spacial score (nSPS) is 9.43. The van der Waals surface area contributed by atoms with Crippen molar-refractivity contribution in [3.8, 4) is 5.75 Å². The van der Waals surface area contributed by atoms with Crippen molar-refractivity contribution in [3.63, 3.8) is 0 Å². The predicted octanol–water partition coefficient (Wildman–Crippen LogP) is 2.35. The van der Waals surface area contributed by atoms with Crippen molar-refractivity contribution >= 4 is 36.4 Å². The molecule has 0 bridgehead atoms. The van der Waals surface area contributed by atoms with E-state index in [1.165, 1.54) is 0 Å². The maximum Gasteiger partial charge on any atom is 0.225 e. The van der Waals surface area contributed by atoms with Crippen LogP contribution in [-0.4, -0.2) is 35.7 Å². The van der Waals surface area contributed by atoms with E-state index in [0.29, 0.717) is 37.6 Å². The van der Waals surface area contributed by atoms with E-state index >= 15 is 0 Å². The summed E-state index contributed by atoms with van der Waals surface area (Å²) in [5.74, 6) is 0.644. The van der Waals surface area contributed by atoms with E-state index in [2.05, 4.69) is 15.6 Å². The van der Waals surface area contributed by atoms with Gasteiger partial charge in [0.15, 0.2) is 0 Å². The van der Waals surface area contributed by atoms with E-state index in [1.54, 1.807) is 12.5 Å². The Bertz CT molecular complexity index is 564. The van der Waals surface area contributed by atoms with Gasteiger partial charge in [-0.1, -0.05) is 12.1 Å². The Morgan fingerprint density at radius 1 is 1.30 bits per heavy atom. The van der Waals surface area contributed by atoms with Crippen LogP contribution >= 0.6 is 24.8 Å². The van der Waals surface area contributed by atoms with Crippen molar-refractivity contribution in [2.24, 2.45) is 0 Å². The first kappa shape index (κ1) is 21.2. The highest BCUT2D eigenvalue weighted by atomic mass is 35.5. The summed E-state index contributed by atoms with van der Waals surface area (Å²) in [7, 11) is 1.82. The van der Waals surface area contributed by atoms with Crippen LogP contribution in [0.4, 0.5) is 5.69 Å². The number of carbonyl (C=O) groups excluding carboxylic acids is 1. The molecule has 0 fully saturated rings. The first-order chi connectivity index (χ1) is 10.3. The van der Waals surface area contributed by atoms with Crippen molar-refractivity contribution < 1.29 is 9.53 Å². The van der Waals surface area contributed by atoms with Gasteiger partial charge in [0.05, 0.1) is 18.6 Å². The minimum Gasteiger partial charge on any atom is -0.490 e. The van der Waals surface area contributed by atoms with Gasteiger partial charge in [-0.15, -0.1) is 24.8 Å². The fraction of sp³-hybridized carbons (Fsp3) is 0.333. The average Bonchev–Trinajstić information content (AvgIpc) is 3.00. The van der Waals surface area contributed by atoms with Crippen LogP contribution in [0.25, 0.3) is 0 Å². The van der Waals surface area contributed by atoms with E-state index in [1.807, 2.05) is 42.1 Å². The molecule has 0 saturated heterocycles. The molecule has 1 amide bonds. The highest BCUT2D eigenvalue weighted by Gasteiger charge is 2.07. The van der Waals surface area contributed by atoms with Gasteiger partial charge in [-0.25, -0.2) is 4.98 Å².